The molecule has 0 bridgehead atoms. The zero-order chi connectivity index (χ0) is 13.0. The summed E-state index contributed by atoms with van der Waals surface area (Å²) in [5.41, 5.74) is 0.615. The highest BCUT2D eigenvalue weighted by molar-refractivity contribution is 6.30. The van der Waals surface area contributed by atoms with Gasteiger partial charge in [0.25, 0.3) is 0 Å². The normalized spacial score (nSPS) is 16.7. The standard InChI is InChI=1S/C13H15ClN2O2/c1-17-12-3-2-11(14)4-10(12)5-16-7-13(6-15)8-18-9-13/h2-4,16H,5,7-9H2,1H3. The van der Waals surface area contributed by atoms with Gasteiger partial charge in [0.1, 0.15) is 11.2 Å². The maximum Gasteiger partial charge on any atom is 0.123 e. The maximum absolute atomic E-state index is 9.06. The Hall–Kier alpha value is -1.28. The summed E-state index contributed by atoms with van der Waals surface area (Å²) in [5, 5.41) is 13.0. The van der Waals surface area contributed by atoms with Crippen LogP contribution < -0.4 is 10.1 Å². The van der Waals surface area contributed by atoms with Gasteiger partial charge in [-0.25, -0.2) is 0 Å². The minimum atomic E-state index is -0.369. The molecule has 0 atom stereocenters. The lowest BCUT2D eigenvalue weighted by molar-refractivity contribution is -0.0755. The Morgan fingerprint density at radius 1 is 1.56 bits per heavy atom. The molecule has 0 radical (unpaired) electrons. The highest BCUT2D eigenvalue weighted by Gasteiger charge is 2.38. The Balaban J connectivity index is 1.94. The SMILES string of the molecule is COc1ccc(Cl)cc1CNCC1(C#N)COC1. The first-order chi connectivity index (χ1) is 8.69. The van der Waals surface area contributed by atoms with Crippen LogP contribution in [0.5, 0.6) is 5.75 Å². The van der Waals surface area contributed by atoms with E-state index in [-0.39, 0.29) is 5.41 Å². The van der Waals surface area contributed by atoms with Crippen molar-refractivity contribution in [2.24, 2.45) is 5.41 Å². The summed E-state index contributed by atoms with van der Waals surface area (Å²) in [4.78, 5) is 0. The molecule has 0 unspecified atom stereocenters. The van der Waals surface area contributed by atoms with E-state index in [1.807, 2.05) is 12.1 Å². The summed E-state index contributed by atoms with van der Waals surface area (Å²) in [5.74, 6) is 0.794. The van der Waals surface area contributed by atoms with Crippen molar-refractivity contribution in [3.63, 3.8) is 0 Å². The molecule has 0 aliphatic carbocycles. The molecule has 0 spiro atoms. The van der Waals surface area contributed by atoms with Crippen LogP contribution in [0, 0.1) is 16.7 Å². The van der Waals surface area contributed by atoms with Crippen LogP contribution in [-0.2, 0) is 11.3 Å². The molecule has 2 rings (SSSR count). The average molecular weight is 267 g/mol. The van der Waals surface area contributed by atoms with Crippen molar-refractivity contribution in [2.75, 3.05) is 26.9 Å². The van der Waals surface area contributed by atoms with Crippen molar-refractivity contribution in [3.8, 4) is 11.8 Å². The second kappa shape index (κ2) is 5.57. The largest absolute Gasteiger partial charge is 0.496 e. The van der Waals surface area contributed by atoms with Crippen LogP contribution in [0.3, 0.4) is 0 Å². The van der Waals surface area contributed by atoms with Gasteiger partial charge in [-0.3, -0.25) is 0 Å². The van der Waals surface area contributed by atoms with E-state index in [2.05, 4.69) is 11.4 Å². The molecule has 1 aromatic carbocycles. The van der Waals surface area contributed by atoms with E-state index in [9.17, 15) is 0 Å². The van der Waals surface area contributed by atoms with Crippen molar-refractivity contribution in [2.45, 2.75) is 6.54 Å². The lowest BCUT2D eigenvalue weighted by atomic mass is 9.88. The molecule has 0 saturated carbocycles. The predicted octanol–water partition coefficient (Wildman–Crippen LogP) is 1.98. The molecule has 1 aliphatic heterocycles. The van der Waals surface area contributed by atoms with Crippen LogP contribution >= 0.6 is 11.6 Å². The van der Waals surface area contributed by atoms with Gasteiger partial charge in [0.15, 0.2) is 0 Å². The molecule has 0 amide bonds. The number of hydrogen-bond acceptors (Lipinski definition) is 4. The van der Waals surface area contributed by atoms with Gasteiger partial charge in [0, 0.05) is 23.7 Å². The van der Waals surface area contributed by atoms with Crippen LogP contribution in [0.2, 0.25) is 5.02 Å². The minimum Gasteiger partial charge on any atom is -0.496 e. The van der Waals surface area contributed by atoms with Crippen molar-refractivity contribution < 1.29 is 9.47 Å². The lowest BCUT2D eigenvalue weighted by Crippen LogP contribution is -2.48. The molecule has 4 nitrogen and oxygen atoms in total. The summed E-state index contributed by atoms with van der Waals surface area (Å²) >= 11 is 5.95. The first-order valence-corrected chi connectivity index (χ1v) is 6.09. The second-order valence-electron chi connectivity index (χ2n) is 4.44. The van der Waals surface area contributed by atoms with E-state index in [0.29, 0.717) is 31.3 Å². The quantitative estimate of drug-likeness (QED) is 0.885. The Labute approximate surface area is 111 Å². The summed E-state index contributed by atoms with van der Waals surface area (Å²) in [6.07, 6.45) is 0. The van der Waals surface area contributed by atoms with Crippen molar-refractivity contribution >= 4 is 11.6 Å². The highest BCUT2D eigenvalue weighted by atomic mass is 35.5. The monoisotopic (exact) mass is 266 g/mol. The van der Waals surface area contributed by atoms with Crippen LogP contribution in [0.15, 0.2) is 18.2 Å². The van der Waals surface area contributed by atoms with E-state index in [4.69, 9.17) is 26.3 Å². The third-order valence-corrected chi connectivity index (χ3v) is 3.25. The van der Waals surface area contributed by atoms with Gasteiger partial charge in [0.2, 0.25) is 0 Å². The number of ether oxygens (including phenoxy) is 2. The van der Waals surface area contributed by atoms with E-state index >= 15 is 0 Å². The van der Waals surface area contributed by atoms with E-state index in [1.54, 1.807) is 13.2 Å². The number of halogens is 1. The van der Waals surface area contributed by atoms with Gasteiger partial charge in [-0.1, -0.05) is 11.6 Å². The number of nitriles is 1. The van der Waals surface area contributed by atoms with E-state index < -0.39 is 0 Å². The Bertz CT molecular complexity index is 467. The Morgan fingerprint density at radius 2 is 2.33 bits per heavy atom. The molecule has 1 aliphatic rings. The van der Waals surface area contributed by atoms with Crippen molar-refractivity contribution in [1.82, 2.24) is 5.32 Å². The first kappa shape index (κ1) is 13.2. The fourth-order valence-electron chi connectivity index (χ4n) is 1.88. The van der Waals surface area contributed by atoms with Crippen molar-refractivity contribution in [3.05, 3.63) is 28.8 Å². The first-order valence-electron chi connectivity index (χ1n) is 5.71. The summed E-state index contributed by atoms with van der Waals surface area (Å²) in [6, 6.07) is 7.79. The lowest BCUT2D eigenvalue weighted by Gasteiger charge is -2.35. The molecule has 1 N–H and O–H groups in total. The van der Waals surface area contributed by atoms with Crippen LogP contribution in [0.4, 0.5) is 0 Å². The summed E-state index contributed by atoms with van der Waals surface area (Å²) in [6.45, 7) is 2.23. The number of nitrogens with one attached hydrogen (secondary N) is 1. The predicted molar refractivity (Wildman–Crippen MR) is 68.6 cm³/mol. The van der Waals surface area contributed by atoms with Crippen LogP contribution in [-0.4, -0.2) is 26.9 Å². The molecule has 0 aromatic heterocycles. The minimum absolute atomic E-state index is 0.369. The third-order valence-electron chi connectivity index (χ3n) is 3.02. The Morgan fingerprint density at radius 3 is 2.89 bits per heavy atom. The number of methoxy groups -OCH3 is 1. The molecule has 5 heteroatoms. The smallest absolute Gasteiger partial charge is 0.123 e. The number of benzene rings is 1. The molecule has 18 heavy (non-hydrogen) atoms. The molecule has 1 saturated heterocycles. The van der Waals surface area contributed by atoms with Gasteiger partial charge < -0.3 is 14.8 Å². The van der Waals surface area contributed by atoms with Crippen LogP contribution in [0.1, 0.15) is 5.56 Å². The van der Waals surface area contributed by atoms with E-state index in [1.165, 1.54) is 0 Å². The second-order valence-corrected chi connectivity index (χ2v) is 4.88. The molecular formula is C13H15ClN2O2. The zero-order valence-corrected chi connectivity index (χ0v) is 11.0. The fourth-order valence-corrected chi connectivity index (χ4v) is 2.07. The van der Waals surface area contributed by atoms with Gasteiger partial charge in [-0.15, -0.1) is 0 Å². The average Bonchev–Trinajstić information content (AvgIpc) is 2.33. The molecule has 1 fully saturated rings. The van der Waals surface area contributed by atoms with Gasteiger partial charge >= 0.3 is 0 Å². The Kier molecular flexibility index (Phi) is 4.07. The van der Waals surface area contributed by atoms with E-state index in [0.717, 1.165) is 11.3 Å². The van der Waals surface area contributed by atoms with Gasteiger partial charge in [0.05, 0.1) is 26.4 Å². The summed E-state index contributed by atoms with van der Waals surface area (Å²) < 4.78 is 10.3. The maximum atomic E-state index is 9.06. The molecule has 96 valence electrons. The van der Waals surface area contributed by atoms with Gasteiger partial charge in [-0.2, -0.15) is 5.26 Å². The number of rotatable bonds is 5. The fraction of sp³-hybridized carbons (Fsp3) is 0.462. The van der Waals surface area contributed by atoms with Gasteiger partial charge in [-0.05, 0) is 18.2 Å². The third kappa shape index (κ3) is 2.75. The topological polar surface area (TPSA) is 54.3 Å². The molecular weight excluding hydrogens is 252 g/mol. The summed E-state index contributed by atoms with van der Waals surface area (Å²) in [7, 11) is 1.63. The molecule has 1 aromatic rings. The molecule has 1 heterocycles. The van der Waals surface area contributed by atoms with Crippen molar-refractivity contribution in [1.29, 1.82) is 5.26 Å². The highest BCUT2D eigenvalue weighted by Crippen LogP contribution is 2.26. The number of nitrogens with zero attached hydrogens (tertiary/aromatic N) is 1. The number of hydrogen-bond donors (Lipinski definition) is 1. The zero-order valence-electron chi connectivity index (χ0n) is 10.2. The van der Waals surface area contributed by atoms with Crippen LogP contribution in [0.25, 0.3) is 0 Å².